The topological polar surface area (TPSA) is 98.6 Å². The molecular formula is C13H11F2N3O3S. The third-order valence-corrected chi connectivity index (χ3v) is 5.64. The zero-order valence-electron chi connectivity index (χ0n) is 11.4. The largest absolute Gasteiger partial charge is 0.368 e. The van der Waals surface area contributed by atoms with Crippen LogP contribution in [0.15, 0.2) is 17.1 Å². The molecule has 1 aliphatic carbocycles. The molecule has 1 aromatic carbocycles. The number of aliphatic imine (C=N–C) groups is 1. The third-order valence-electron chi connectivity index (χ3n) is 4.36. The van der Waals surface area contributed by atoms with E-state index in [1.165, 1.54) is 12.5 Å². The summed E-state index contributed by atoms with van der Waals surface area (Å²) in [5.41, 5.74) is 4.71. The molecule has 0 aromatic heterocycles. The number of hydrogen-bond donors (Lipinski definition) is 1. The number of primary amides is 1. The lowest BCUT2D eigenvalue weighted by molar-refractivity contribution is -0.385. The number of fused-ring (bicyclic) bond motifs is 1. The summed E-state index contributed by atoms with van der Waals surface area (Å²) in [4.78, 5) is 25.9. The van der Waals surface area contributed by atoms with Crippen molar-refractivity contribution in [3.05, 3.63) is 39.4 Å². The van der Waals surface area contributed by atoms with Gasteiger partial charge in [0.2, 0.25) is 5.91 Å². The maximum atomic E-state index is 14.2. The highest BCUT2D eigenvalue weighted by molar-refractivity contribution is 8.14. The van der Waals surface area contributed by atoms with Crippen LogP contribution in [0.3, 0.4) is 0 Å². The molecule has 1 heterocycles. The van der Waals surface area contributed by atoms with Gasteiger partial charge in [-0.05, 0) is 13.3 Å². The Hall–Kier alpha value is -2.03. The van der Waals surface area contributed by atoms with Crippen molar-refractivity contribution in [2.75, 3.05) is 0 Å². The van der Waals surface area contributed by atoms with Crippen LogP contribution in [-0.2, 0) is 10.3 Å². The minimum Gasteiger partial charge on any atom is -0.368 e. The summed E-state index contributed by atoms with van der Waals surface area (Å²) in [6.45, 7) is 1.53. The molecule has 3 atom stereocenters. The summed E-state index contributed by atoms with van der Waals surface area (Å²) in [5.74, 6) is -3.49. The number of carbonyl (C=O) groups excluding carboxylic acids is 1. The molecule has 0 radical (unpaired) electrons. The molecular weight excluding hydrogens is 316 g/mol. The lowest BCUT2D eigenvalue weighted by Gasteiger charge is -2.31. The Morgan fingerprint density at radius 3 is 2.82 bits per heavy atom. The van der Waals surface area contributed by atoms with E-state index in [0.29, 0.717) is 12.5 Å². The third kappa shape index (κ3) is 1.84. The number of halogens is 2. The fraction of sp³-hybridized carbons (Fsp3) is 0.385. The molecule has 3 rings (SSSR count). The van der Waals surface area contributed by atoms with E-state index in [1.54, 1.807) is 0 Å². The smallest absolute Gasteiger partial charge is 0.272 e. The summed E-state index contributed by atoms with van der Waals surface area (Å²) < 4.78 is 27.0. The van der Waals surface area contributed by atoms with Crippen molar-refractivity contribution in [1.82, 2.24) is 0 Å². The van der Waals surface area contributed by atoms with Crippen molar-refractivity contribution in [2.24, 2.45) is 16.6 Å². The number of nitro groups is 1. The van der Waals surface area contributed by atoms with Gasteiger partial charge >= 0.3 is 0 Å². The van der Waals surface area contributed by atoms with Crippen LogP contribution in [0.2, 0.25) is 0 Å². The van der Waals surface area contributed by atoms with Gasteiger partial charge in [-0.2, -0.15) is 0 Å². The zero-order valence-corrected chi connectivity index (χ0v) is 12.2. The Bertz CT molecular complexity index is 741. The van der Waals surface area contributed by atoms with E-state index in [4.69, 9.17) is 5.73 Å². The molecule has 1 amide bonds. The van der Waals surface area contributed by atoms with E-state index in [0.717, 1.165) is 17.8 Å². The monoisotopic (exact) mass is 327 g/mol. The molecule has 22 heavy (non-hydrogen) atoms. The van der Waals surface area contributed by atoms with Gasteiger partial charge in [-0.1, -0.05) is 11.8 Å². The normalized spacial score (nSPS) is 32.4. The van der Waals surface area contributed by atoms with Gasteiger partial charge < -0.3 is 5.73 Å². The quantitative estimate of drug-likeness (QED) is 0.679. The average Bonchev–Trinajstić information content (AvgIpc) is 3.19. The number of non-ortho nitro benzene ring substituents is 1. The minimum absolute atomic E-state index is 0.233. The predicted molar refractivity (Wildman–Crippen MR) is 76.5 cm³/mol. The van der Waals surface area contributed by atoms with Crippen molar-refractivity contribution in [3.63, 3.8) is 0 Å². The van der Waals surface area contributed by atoms with Crippen LogP contribution in [0.5, 0.6) is 0 Å². The predicted octanol–water partition coefficient (Wildman–Crippen LogP) is 2.11. The van der Waals surface area contributed by atoms with E-state index < -0.39 is 44.4 Å². The average molecular weight is 327 g/mol. The zero-order chi connectivity index (χ0) is 16.3. The molecule has 2 N–H and O–H groups in total. The van der Waals surface area contributed by atoms with Gasteiger partial charge in [0.25, 0.3) is 5.69 Å². The molecule has 2 aliphatic rings. The van der Waals surface area contributed by atoms with Crippen LogP contribution in [0, 0.1) is 27.7 Å². The Kier molecular flexibility index (Phi) is 3.03. The lowest BCUT2D eigenvalue weighted by Crippen LogP contribution is -2.38. The van der Waals surface area contributed by atoms with Crippen LogP contribution in [-0.4, -0.2) is 21.1 Å². The van der Waals surface area contributed by atoms with Gasteiger partial charge in [-0.15, -0.1) is 0 Å². The molecule has 116 valence electrons. The number of benzene rings is 1. The first-order chi connectivity index (χ1) is 10.2. The van der Waals surface area contributed by atoms with E-state index >= 15 is 0 Å². The van der Waals surface area contributed by atoms with Gasteiger partial charge in [0.1, 0.15) is 4.75 Å². The second-order valence-electron chi connectivity index (χ2n) is 5.56. The van der Waals surface area contributed by atoms with Crippen molar-refractivity contribution in [3.8, 4) is 0 Å². The highest BCUT2D eigenvalue weighted by Crippen LogP contribution is 2.65. The van der Waals surface area contributed by atoms with Gasteiger partial charge in [0, 0.05) is 17.5 Å². The maximum Gasteiger partial charge on any atom is 0.272 e. The fourth-order valence-electron chi connectivity index (χ4n) is 2.98. The first kappa shape index (κ1) is 14.9. The van der Waals surface area contributed by atoms with Crippen molar-refractivity contribution < 1.29 is 18.5 Å². The summed E-state index contributed by atoms with van der Waals surface area (Å²) in [5, 5.41) is 10.9. The number of nitro benzene ring substituents is 1. The Labute approximate surface area is 127 Å². The Balaban J connectivity index is 2.15. The van der Waals surface area contributed by atoms with Gasteiger partial charge in [0.15, 0.2) is 11.6 Å². The summed E-state index contributed by atoms with van der Waals surface area (Å²) in [7, 11) is 0. The number of carbonyl (C=O) groups is 1. The number of amides is 1. The first-order valence-electron chi connectivity index (χ1n) is 6.38. The van der Waals surface area contributed by atoms with E-state index in [1.807, 2.05) is 0 Å². The van der Waals surface area contributed by atoms with Gasteiger partial charge in [-0.25, -0.2) is 8.78 Å². The van der Waals surface area contributed by atoms with E-state index in [-0.39, 0.29) is 5.56 Å². The molecule has 1 aliphatic heterocycles. The maximum absolute atomic E-state index is 14.2. The van der Waals surface area contributed by atoms with Crippen LogP contribution in [0.25, 0.3) is 0 Å². The molecule has 0 spiro atoms. The molecule has 9 heteroatoms. The lowest BCUT2D eigenvalue weighted by atomic mass is 9.85. The van der Waals surface area contributed by atoms with E-state index in [2.05, 4.69) is 4.99 Å². The number of rotatable bonds is 3. The SMILES string of the molecule is CC1(c2cc([N+](=O)[O-])cc(F)c2F)N=CSC2(C(N)=O)CC21. The molecule has 0 saturated heterocycles. The second kappa shape index (κ2) is 4.48. The number of hydrogen-bond acceptors (Lipinski definition) is 5. The Morgan fingerprint density at radius 1 is 1.55 bits per heavy atom. The van der Waals surface area contributed by atoms with Crippen LogP contribution >= 0.6 is 11.8 Å². The number of thioether (sulfide) groups is 1. The number of nitrogens with zero attached hydrogens (tertiary/aromatic N) is 2. The van der Waals surface area contributed by atoms with Crippen molar-refractivity contribution >= 4 is 28.9 Å². The second-order valence-corrected chi connectivity index (χ2v) is 6.73. The first-order valence-corrected chi connectivity index (χ1v) is 7.25. The highest BCUT2D eigenvalue weighted by atomic mass is 32.2. The molecule has 1 fully saturated rings. The fourth-order valence-corrected chi connectivity index (χ4v) is 4.22. The van der Waals surface area contributed by atoms with E-state index in [9.17, 15) is 23.7 Å². The number of nitrogens with two attached hydrogens (primary N) is 1. The minimum atomic E-state index is -1.32. The summed E-state index contributed by atoms with van der Waals surface area (Å²) in [6.07, 6.45) is 0.368. The summed E-state index contributed by atoms with van der Waals surface area (Å²) >= 11 is 1.15. The molecule has 3 unspecified atom stereocenters. The standard InChI is InChI=1S/C13H11F2N3O3S/c1-12(9-4-13(9,11(16)19)22-5-17-12)7-2-6(18(20)21)3-8(14)10(7)15/h2-3,5,9H,4H2,1H3,(H2,16,19). The summed E-state index contributed by atoms with van der Waals surface area (Å²) in [6, 6.07) is 1.49. The highest BCUT2D eigenvalue weighted by Gasteiger charge is 2.69. The van der Waals surface area contributed by atoms with Crippen LogP contribution < -0.4 is 5.73 Å². The van der Waals surface area contributed by atoms with Crippen LogP contribution in [0.4, 0.5) is 14.5 Å². The van der Waals surface area contributed by atoms with Crippen molar-refractivity contribution in [1.29, 1.82) is 0 Å². The van der Waals surface area contributed by atoms with Gasteiger partial charge in [0.05, 0.1) is 22.1 Å². The molecule has 1 aromatic rings. The van der Waals surface area contributed by atoms with Crippen molar-refractivity contribution in [2.45, 2.75) is 23.6 Å². The molecule has 1 saturated carbocycles. The molecule has 0 bridgehead atoms. The molecule has 6 nitrogen and oxygen atoms in total. The van der Waals surface area contributed by atoms with Crippen LogP contribution in [0.1, 0.15) is 18.9 Å². The van der Waals surface area contributed by atoms with Gasteiger partial charge in [-0.3, -0.25) is 19.9 Å². The Morgan fingerprint density at radius 2 is 2.23 bits per heavy atom.